The second-order valence-electron chi connectivity index (χ2n) is 4.43. The maximum absolute atomic E-state index is 13.6. The maximum Gasteiger partial charge on any atom is 0.287 e. The predicted molar refractivity (Wildman–Crippen MR) is 76.4 cm³/mol. The summed E-state index contributed by atoms with van der Waals surface area (Å²) in [5.41, 5.74) is 0.787. The summed E-state index contributed by atoms with van der Waals surface area (Å²) in [4.78, 5) is 13.2. The molecule has 5 heteroatoms. The van der Waals surface area contributed by atoms with Crippen LogP contribution in [0.15, 0.2) is 40.1 Å². The number of fused-ring (bicyclic) bond motifs is 1. The van der Waals surface area contributed by atoms with Gasteiger partial charge in [-0.2, -0.15) is 0 Å². The van der Waals surface area contributed by atoms with Crippen LogP contribution < -0.4 is 5.32 Å². The van der Waals surface area contributed by atoms with Crippen LogP contribution in [0.3, 0.4) is 0 Å². The molecule has 0 aliphatic heterocycles. The first-order valence-corrected chi connectivity index (χ1v) is 7.03. The van der Waals surface area contributed by atoms with E-state index in [0.29, 0.717) is 17.5 Å². The van der Waals surface area contributed by atoms with E-state index in [1.807, 2.05) is 17.5 Å². The minimum absolute atomic E-state index is 0.131. The van der Waals surface area contributed by atoms with E-state index in [2.05, 4.69) is 5.32 Å². The van der Waals surface area contributed by atoms with Gasteiger partial charge >= 0.3 is 0 Å². The van der Waals surface area contributed by atoms with Gasteiger partial charge in [0.2, 0.25) is 0 Å². The Morgan fingerprint density at radius 2 is 2.20 bits per heavy atom. The van der Waals surface area contributed by atoms with Gasteiger partial charge in [0.25, 0.3) is 5.91 Å². The number of hydrogen-bond donors (Lipinski definition) is 1. The molecule has 102 valence electrons. The molecule has 0 atom stereocenters. The average molecular weight is 289 g/mol. The van der Waals surface area contributed by atoms with Crippen LogP contribution in [-0.2, 0) is 6.54 Å². The molecule has 3 aromatic rings. The van der Waals surface area contributed by atoms with Crippen molar-refractivity contribution >= 4 is 28.2 Å². The molecule has 0 unspecified atom stereocenters. The lowest BCUT2D eigenvalue weighted by molar-refractivity contribution is 0.0924. The first-order valence-electron chi connectivity index (χ1n) is 6.15. The predicted octanol–water partition coefficient (Wildman–Crippen LogP) is 3.87. The second-order valence-corrected chi connectivity index (χ2v) is 5.47. The molecule has 0 aliphatic carbocycles. The largest absolute Gasteiger partial charge is 0.448 e. The number of hydrogen-bond acceptors (Lipinski definition) is 3. The van der Waals surface area contributed by atoms with Crippen molar-refractivity contribution in [3.05, 3.63) is 57.7 Å². The minimum Gasteiger partial charge on any atom is -0.448 e. The Labute approximate surface area is 119 Å². The third-order valence-electron chi connectivity index (χ3n) is 3.13. The highest BCUT2D eigenvalue weighted by molar-refractivity contribution is 7.09. The molecule has 0 saturated heterocycles. The molecule has 3 nitrogen and oxygen atoms in total. The molecular formula is C15H12FNO2S. The van der Waals surface area contributed by atoms with E-state index >= 15 is 0 Å². The quantitative estimate of drug-likeness (QED) is 0.795. The Kier molecular flexibility index (Phi) is 3.28. The third-order valence-corrected chi connectivity index (χ3v) is 4.00. The highest BCUT2D eigenvalue weighted by Gasteiger charge is 2.19. The van der Waals surface area contributed by atoms with Crippen molar-refractivity contribution < 1.29 is 13.6 Å². The van der Waals surface area contributed by atoms with Crippen molar-refractivity contribution in [3.63, 3.8) is 0 Å². The van der Waals surface area contributed by atoms with Gasteiger partial charge in [0.15, 0.2) is 17.2 Å². The molecule has 0 spiro atoms. The van der Waals surface area contributed by atoms with E-state index in [0.717, 1.165) is 4.88 Å². The summed E-state index contributed by atoms with van der Waals surface area (Å²) >= 11 is 1.57. The van der Waals surface area contributed by atoms with Crippen LogP contribution in [0.1, 0.15) is 21.0 Å². The number of rotatable bonds is 3. The Morgan fingerprint density at radius 3 is 2.90 bits per heavy atom. The van der Waals surface area contributed by atoms with Crippen LogP contribution in [-0.4, -0.2) is 5.91 Å². The van der Waals surface area contributed by atoms with Crippen LogP contribution in [0, 0.1) is 12.7 Å². The zero-order valence-electron chi connectivity index (χ0n) is 10.8. The lowest BCUT2D eigenvalue weighted by Crippen LogP contribution is -2.22. The molecule has 0 fully saturated rings. The fourth-order valence-electron chi connectivity index (χ4n) is 2.09. The summed E-state index contributed by atoms with van der Waals surface area (Å²) in [6, 6.07) is 8.53. The Morgan fingerprint density at radius 1 is 1.35 bits per heavy atom. The summed E-state index contributed by atoms with van der Waals surface area (Å²) in [6.07, 6.45) is 0. The van der Waals surface area contributed by atoms with Crippen LogP contribution in [0.5, 0.6) is 0 Å². The van der Waals surface area contributed by atoms with Gasteiger partial charge < -0.3 is 9.73 Å². The number of nitrogens with one attached hydrogen (secondary N) is 1. The number of carbonyl (C=O) groups excluding carboxylic acids is 1. The van der Waals surface area contributed by atoms with E-state index < -0.39 is 5.82 Å². The standard InChI is InChI=1S/C15H12FNO2S/c1-9-11-5-2-6-12(16)14(11)19-13(9)15(18)17-8-10-4-3-7-20-10/h2-7H,8H2,1H3,(H,17,18). The summed E-state index contributed by atoms with van der Waals surface area (Å²) in [7, 11) is 0. The zero-order chi connectivity index (χ0) is 14.1. The monoisotopic (exact) mass is 289 g/mol. The first kappa shape index (κ1) is 12.9. The van der Waals surface area contributed by atoms with Gasteiger partial charge in [-0.15, -0.1) is 11.3 Å². The van der Waals surface area contributed by atoms with Crippen LogP contribution in [0.4, 0.5) is 4.39 Å². The molecule has 3 rings (SSSR count). The Balaban J connectivity index is 1.88. The molecule has 0 aliphatic rings. The minimum atomic E-state index is -0.456. The average Bonchev–Trinajstić information content (AvgIpc) is 3.06. The Bertz CT molecular complexity index is 762. The number of thiophene rings is 1. The Hall–Kier alpha value is -2.14. The maximum atomic E-state index is 13.6. The number of benzene rings is 1. The molecule has 1 amide bonds. The van der Waals surface area contributed by atoms with E-state index in [4.69, 9.17) is 4.42 Å². The first-order chi connectivity index (χ1) is 9.66. The third kappa shape index (κ3) is 2.20. The van der Waals surface area contributed by atoms with Gasteiger partial charge in [0.05, 0.1) is 6.54 Å². The normalized spacial score (nSPS) is 10.9. The van der Waals surface area contributed by atoms with E-state index in [1.165, 1.54) is 6.07 Å². The van der Waals surface area contributed by atoms with Gasteiger partial charge in [-0.3, -0.25) is 4.79 Å². The highest BCUT2D eigenvalue weighted by atomic mass is 32.1. The van der Waals surface area contributed by atoms with E-state index in [-0.39, 0.29) is 17.3 Å². The molecule has 20 heavy (non-hydrogen) atoms. The number of halogens is 1. The summed E-state index contributed by atoms with van der Waals surface area (Å²) in [6.45, 7) is 2.20. The molecule has 1 aromatic carbocycles. The number of aryl methyl sites for hydroxylation is 1. The van der Waals surface area contributed by atoms with Crippen molar-refractivity contribution in [2.75, 3.05) is 0 Å². The smallest absolute Gasteiger partial charge is 0.287 e. The second kappa shape index (κ2) is 5.09. The SMILES string of the molecule is Cc1c(C(=O)NCc2cccs2)oc2c(F)cccc12. The van der Waals surface area contributed by atoms with Crippen molar-refractivity contribution in [3.8, 4) is 0 Å². The van der Waals surface area contributed by atoms with E-state index in [9.17, 15) is 9.18 Å². The highest BCUT2D eigenvalue weighted by Crippen LogP contribution is 2.27. The summed E-state index contributed by atoms with van der Waals surface area (Å²) < 4.78 is 19.0. The number of amides is 1. The van der Waals surface area contributed by atoms with Gasteiger partial charge in [-0.1, -0.05) is 18.2 Å². The molecule has 1 N–H and O–H groups in total. The van der Waals surface area contributed by atoms with Gasteiger partial charge in [0, 0.05) is 15.8 Å². The van der Waals surface area contributed by atoms with Crippen molar-refractivity contribution in [2.45, 2.75) is 13.5 Å². The molecule has 0 bridgehead atoms. The number of para-hydroxylation sites is 1. The van der Waals surface area contributed by atoms with Crippen molar-refractivity contribution in [1.82, 2.24) is 5.32 Å². The number of furan rings is 1. The van der Waals surface area contributed by atoms with Crippen molar-refractivity contribution in [2.24, 2.45) is 0 Å². The van der Waals surface area contributed by atoms with Crippen LogP contribution >= 0.6 is 11.3 Å². The zero-order valence-corrected chi connectivity index (χ0v) is 11.6. The molecular weight excluding hydrogens is 277 g/mol. The molecule has 2 aromatic heterocycles. The van der Waals surface area contributed by atoms with Gasteiger partial charge in [-0.25, -0.2) is 4.39 Å². The van der Waals surface area contributed by atoms with Crippen LogP contribution in [0.2, 0.25) is 0 Å². The number of carbonyl (C=O) groups is 1. The topological polar surface area (TPSA) is 42.2 Å². The van der Waals surface area contributed by atoms with Crippen molar-refractivity contribution in [1.29, 1.82) is 0 Å². The van der Waals surface area contributed by atoms with Crippen LogP contribution in [0.25, 0.3) is 11.0 Å². The lowest BCUT2D eigenvalue weighted by atomic mass is 10.1. The lowest BCUT2D eigenvalue weighted by Gasteiger charge is -2.01. The van der Waals surface area contributed by atoms with E-state index in [1.54, 1.807) is 30.4 Å². The molecule has 0 saturated carbocycles. The molecule has 2 heterocycles. The van der Waals surface area contributed by atoms with Gasteiger partial charge in [0.1, 0.15) is 0 Å². The summed E-state index contributed by atoms with van der Waals surface area (Å²) in [5, 5.41) is 5.36. The summed E-state index contributed by atoms with van der Waals surface area (Å²) in [5.74, 6) is -0.615. The fraction of sp³-hybridized carbons (Fsp3) is 0.133. The van der Waals surface area contributed by atoms with Gasteiger partial charge in [-0.05, 0) is 24.4 Å². The molecule has 0 radical (unpaired) electrons. The fourth-order valence-corrected chi connectivity index (χ4v) is 2.73.